The van der Waals surface area contributed by atoms with Crippen LogP contribution in [0.1, 0.15) is 105 Å². The fourth-order valence-corrected chi connectivity index (χ4v) is 11.7. The lowest BCUT2D eigenvalue weighted by molar-refractivity contribution is -0.177. The van der Waals surface area contributed by atoms with Gasteiger partial charge in [-0.3, -0.25) is 14.6 Å². The Morgan fingerprint density at radius 3 is 2.36 bits per heavy atom. The summed E-state index contributed by atoms with van der Waals surface area (Å²) in [5.41, 5.74) is 0.934. The van der Waals surface area contributed by atoms with Crippen LogP contribution >= 0.6 is 0 Å². The van der Waals surface area contributed by atoms with Crippen molar-refractivity contribution in [1.29, 1.82) is 0 Å². The lowest BCUT2D eigenvalue weighted by Crippen LogP contribution is -2.64. The third kappa shape index (κ3) is 4.33. The number of pyridine rings is 1. The van der Waals surface area contributed by atoms with Gasteiger partial charge in [0.05, 0.1) is 5.92 Å². The number of carboxylic acids is 1. The molecule has 0 saturated heterocycles. The van der Waals surface area contributed by atoms with E-state index in [1.807, 2.05) is 0 Å². The van der Waals surface area contributed by atoms with Crippen molar-refractivity contribution in [1.82, 2.24) is 4.98 Å². The molecule has 5 aliphatic carbocycles. The predicted molar refractivity (Wildman–Crippen MR) is 164 cm³/mol. The minimum Gasteiger partial charge on any atom is -0.481 e. The molecule has 4 nitrogen and oxygen atoms in total. The maximum absolute atomic E-state index is 14.0. The Morgan fingerprint density at radius 2 is 1.75 bits per heavy atom. The molecule has 0 aliphatic heterocycles. The van der Waals surface area contributed by atoms with Gasteiger partial charge in [-0.15, -0.1) is 0 Å². The van der Waals surface area contributed by atoms with E-state index in [9.17, 15) is 27.9 Å². The van der Waals surface area contributed by atoms with E-state index in [0.717, 1.165) is 44.6 Å². The third-order valence-corrected chi connectivity index (χ3v) is 14.2. The zero-order valence-corrected chi connectivity index (χ0v) is 27.2. The van der Waals surface area contributed by atoms with Gasteiger partial charge in [0.2, 0.25) is 0 Å². The number of hydrogen-bond donors (Lipinski definition) is 1. The normalized spacial score (nSPS) is 44.1. The summed E-state index contributed by atoms with van der Waals surface area (Å²) in [5.74, 6) is 0.948. The maximum Gasteiger partial charge on any atom is 0.433 e. The summed E-state index contributed by atoms with van der Waals surface area (Å²) < 4.78 is 39.4. The van der Waals surface area contributed by atoms with Crippen molar-refractivity contribution in [3.63, 3.8) is 0 Å². The molecule has 1 aromatic heterocycles. The molecule has 4 fully saturated rings. The van der Waals surface area contributed by atoms with Crippen molar-refractivity contribution in [2.75, 3.05) is 0 Å². The fourth-order valence-electron chi connectivity index (χ4n) is 11.7. The number of aromatic nitrogens is 1. The summed E-state index contributed by atoms with van der Waals surface area (Å²) in [7, 11) is 0. The maximum atomic E-state index is 14.0. The van der Waals surface area contributed by atoms with Crippen LogP contribution in [0.15, 0.2) is 35.6 Å². The Labute approximate surface area is 260 Å². The number of carbonyl (C=O) groups excluding carboxylic acids is 1. The average molecular weight is 612 g/mol. The summed E-state index contributed by atoms with van der Waals surface area (Å²) in [6, 6.07) is 2.40. The van der Waals surface area contributed by atoms with Gasteiger partial charge in [-0.1, -0.05) is 66.2 Å². The highest BCUT2D eigenvalue weighted by molar-refractivity contribution is 6.04. The Kier molecular flexibility index (Phi) is 7.19. The van der Waals surface area contributed by atoms with Crippen LogP contribution in [0, 0.1) is 63.1 Å². The van der Waals surface area contributed by atoms with Gasteiger partial charge in [-0.25, -0.2) is 0 Å². The monoisotopic (exact) mass is 611 g/mol. The van der Waals surface area contributed by atoms with Gasteiger partial charge in [-0.2, -0.15) is 13.2 Å². The van der Waals surface area contributed by atoms with Crippen LogP contribution in [0.4, 0.5) is 13.2 Å². The van der Waals surface area contributed by atoms with Crippen molar-refractivity contribution in [3.05, 3.63) is 46.8 Å². The Morgan fingerprint density at radius 1 is 1.05 bits per heavy atom. The van der Waals surface area contributed by atoms with Gasteiger partial charge in [0.25, 0.3) is 0 Å². The number of fused-ring (bicyclic) bond motifs is 7. The van der Waals surface area contributed by atoms with E-state index in [1.165, 1.54) is 17.8 Å². The largest absolute Gasteiger partial charge is 0.481 e. The van der Waals surface area contributed by atoms with E-state index in [0.29, 0.717) is 35.3 Å². The predicted octanol–water partition coefficient (Wildman–Crippen LogP) is 9.26. The van der Waals surface area contributed by atoms with E-state index in [4.69, 9.17) is 0 Å². The molecule has 4 unspecified atom stereocenters. The Hall–Kier alpha value is -2.44. The first kappa shape index (κ1) is 31.5. The summed E-state index contributed by atoms with van der Waals surface area (Å²) in [6.07, 6.45) is 7.17. The molecule has 1 heterocycles. The fraction of sp³-hybridized carbons (Fsp3) is 0.703. The van der Waals surface area contributed by atoms with Gasteiger partial charge in [0.15, 0.2) is 5.78 Å². The molecule has 0 bridgehead atoms. The second kappa shape index (κ2) is 10.0. The molecular weight excluding hydrogens is 563 g/mol. The van der Waals surface area contributed by atoms with Gasteiger partial charge in [-0.05, 0) is 120 Å². The highest BCUT2D eigenvalue weighted by atomic mass is 19.4. The molecule has 240 valence electrons. The zero-order valence-electron chi connectivity index (χ0n) is 27.2. The molecule has 0 aromatic carbocycles. The van der Waals surface area contributed by atoms with E-state index in [1.54, 1.807) is 6.08 Å². The quantitative estimate of drug-likeness (QED) is 0.267. The smallest absolute Gasteiger partial charge is 0.433 e. The topological polar surface area (TPSA) is 67.3 Å². The first-order chi connectivity index (χ1) is 20.4. The number of carboxylic acid groups (broad SMARTS) is 1. The first-order valence-corrected chi connectivity index (χ1v) is 16.6. The van der Waals surface area contributed by atoms with Crippen LogP contribution < -0.4 is 0 Å². The summed E-state index contributed by atoms with van der Waals surface area (Å²) in [6.45, 7) is 16.0. The standard InChI is InChI=1S/C37H48F3NO3/c1-20-16-25(32(43)44)24-12-14-35(6)26(30(24)21(20)2)9-10-28-34(5)18-23(17-22-8-11-29(41-19-22)37(38,39)40)31(42)33(3,4)27(34)13-15-36(28,35)7/h8-9,11,17,19-21,24-25,27-28,30H,10,12-16,18H2,1-7H3,(H,43,44)/b23-17-/t20-,21+,24?,25-,27?,28?,30?,34+,35-,36-/m1/s1. The highest BCUT2D eigenvalue weighted by Gasteiger charge is 2.68. The molecule has 1 N–H and O–H groups in total. The second-order valence-electron chi connectivity index (χ2n) is 16.4. The van der Waals surface area contributed by atoms with E-state index < -0.39 is 23.3 Å². The number of nitrogens with zero attached hydrogens (tertiary/aromatic N) is 1. The van der Waals surface area contributed by atoms with Crippen molar-refractivity contribution >= 4 is 17.8 Å². The molecule has 44 heavy (non-hydrogen) atoms. The number of carbonyl (C=O) groups is 2. The van der Waals surface area contributed by atoms with Crippen molar-refractivity contribution in [2.45, 2.75) is 99.6 Å². The lowest BCUT2D eigenvalue weighted by atomic mass is 9.34. The molecule has 6 rings (SSSR count). The molecule has 10 atom stereocenters. The van der Waals surface area contributed by atoms with Crippen LogP contribution in [0.5, 0.6) is 0 Å². The molecule has 7 heteroatoms. The molecule has 4 saturated carbocycles. The van der Waals surface area contributed by atoms with Crippen LogP contribution in [0.3, 0.4) is 0 Å². The summed E-state index contributed by atoms with van der Waals surface area (Å²) >= 11 is 0. The van der Waals surface area contributed by atoms with E-state index in [2.05, 4.69) is 59.5 Å². The first-order valence-electron chi connectivity index (χ1n) is 16.6. The number of ketones is 1. The molecular formula is C37H48F3NO3. The average Bonchev–Trinajstić information content (AvgIpc) is 2.93. The van der Waals surface area contributed by atoms with E-state index >= 15 is 0 Å². The molecule has 0 amide bonds. The molecule has 0 radical (unpaired) electrons. The van der Waals surface area contributed by atoms with Crippen LogP contribution in [-0.4, -0.2) is 21.8 Å². The van der Waals surface area contributed by atoms with Gasteiger partial charge >= 0.3 is 12.1 Å². The minimum atomic E-state index is -4.51. The van der Waals surface area contributed by atoms with E-state index in [-0.39, 0.29) is 45.7 Å². The summed E-state index contributed by atoms with van der Waals surface area (Å²) in [5, 5.41) is 10.2. The van der Waals surface area contributed by atoms with Crippen molar-refractivity contribution < 1.29 is 27.9 Å². The number of aliphatic carboxylic acids is 1. The van der Waals surface area contributed by atoms with Crippen molar-refractivity contribution in [3.8, 4) is 0 Å². The number of allylic oxidation sites excluding steroid dienone is 3. The molecule has 0 spiro atoms. The SMILES string of the molecule is C[C@@H]1C[C@@H](C(=O)O)C2CC[C@]3(C)C(=CCC4[C@@]5(C)C/C(=C/c6ccc(C(F)(F)F)nc6)C(=O)C(C)(C)C5CC[C@]43C)C2[C@H]1C. The number of rotatable bonds is 2. The number of Topliss-reactive ketones (excluding diaryl/α,β-unsaturated/α-hetero) is 1. The van der Waals surface area contributed by atoms with Crippen LogP contribution in [0.25, 0.3) is 6.08 Å². The highest BCUT2D eigenvalue weighted by Crippen LogP contribution is 2.74. The number of halogens is 3. The molecule has 1 aromatic rings. The molecule has 5 aliphatic rings. The minimum absolute atomic E-state index is 0.0100. The van der Waals surface area contributed by atoms with Crippen LogP contribution in [-0.2, 0) is 15.8 Å². The third-order valence-electron chi connectivity index (χ3n) is 14.2. The van der Waals surface area contributed by atoms with Gasteiger partial charge < -0.3 is 5.11 Å². The van der Waals surface area contributed by atoms with Gasteiger partial charge in [0.1, 0.15) is 5.69 Å². The second-order valence-corrected chi connectivity index (χ2v) is 16.4. The van der Waals surface area contributed by atoms with Gasteiger partial charge in [0, 0.05) is 11.6 Å². The number of alkyl halides is 3. The number of hydrogen-bond acceptors (Lipinski definition) is 3. The van der Waals surface area contributed by atoms with Crippen molar-refractivity contribution in [2.24, 2.45) is 63.1 Å². The van der Waals surface area contributed by atoms with Crippen LogP contribution in [0.2, 0.25) is 0 Å². The Bertz CT molecular complexity index is 1430. The Balaban J connectivity index is 1.40. The zero-order chi connectivity index (χ0) is 32.2. The lowest BCUT2D eigenvalue weighted by Gasteiger charge is -2.70. The summed E-state index contributed by atoms with van der Waals surface area (Å²) in [4.78, 5) is 30.0.